The molecule has 4 heteroatoms. The van der Waals surface area contributed by atoms with Crippen molar-refractivity contribution in [2.75, 3.05) is 0 Å². The van der Waals surface area contributed by atoms with Gasteiger partial charge in [-0.15, -0.1) is 0 Å². The molecule has 0 aromatic heterocycles. The number of carboxylic acids is 1. The Labute approximate surface area is 134 Å². The summed E-state index contributed by atoms with van der Waals surface area (Å²) in [5.74, 6) is 1.30. The van der Waals surface area contributed by atoms with Crippen molar-refractivity contribution >= 4 is 28.0 Å². The molecule has 0 heterocycles. The van der Waals surface area contributed by atoms with Gasteiger partial charge in [0, 0.05) is 10.5 Å². The number of carboxylic acid groups (broad SMARTS) is 1. The second kappa shape index (κ2) is 7.12. The van der Waals surface area contributed by atoms with Gasteiger partial charge in [-0.25, -0.2) is 4.79 Å². The maximum absolute atomic E-state index is 10.6. The molecule has 2 rings (SSSR count). The molecule has 1 aliphatic rings. The first kappa shape index (κ1) is 16.1. The van der Waals surface area contributed by atoms with Gasteiger partial charge in [0.2, 0.25) is 0 Å². The topological polar surface area (TPSA) is 46.5 Å². The predicted molar refractivity (Wildman–Crippen MR) is 87.4 cm³/mol. The summed E-state index contributed by atoms with van der Waals surface area (Å²) in [7, 11) is 0. The van der Waals surface area contributed by atoms with Crippen LogP contribution in [0.3, 0.4) is 0 Å². The van der Waals surface area contributed by atoms with E-state index in [0.29, 0.717) is 5.92 Å². The van der Waals surface area contributed by atoms with Crippen LogP contribution in [-0.2, 0) is 4.79 Å². The molecule has 3 atom stereocenters. The first-order valence-corrected chi connectivity index (χ1v) is 8.12. The van der Waals surface area contributed by atoms with Crippen molar-refractivity contribution in [3.05, 3.63) is 34.3 Å². The number of ether oxygens (including phenoxy) is 1. The zero-order chi connectivity index (χ0) is 15.4. The standard InChI is InChI=1S/C17H21BrO3/c1-11-3-5-14(9-12(11)2)21-15-6-7-16(18)13(10-15)4-8-17(19)20/h4,6-8,10-12,14H,3,5,9H2,1-2H3,(H,19,20)/b8-4+. The molecule has 0 spiro atoms. The maximum Gasteiger partial charge on any atom is 0.328 e. The number of hydrogen-bond acceptors (Lipinski definition) is 2. The lowest BCUT2D eigenvalue weighted by Gasteiger charge is -2.32. The van der Waals surface area contributed by atoms with E-state index in [0.717, 1.165) is 40.6 Å². The van der Waals surface area contributed by atoms with Gasteiger partial charge in [-0.2, -0.15) is 0 Å². The monoisotopic (exact) mass is 352 g/mol. The second-order valence-corrected chi connectivity index (χ2v) is 6.72. The maximum atomic E-state index is 10.6. The van der Waals surface area contributed by atoms with Crippen LogP contribution in [0.4, 0.5) is 0 Å². The van der Waals surface area contributed by atoms with Gasteiger partial charge < -0.3 is 9.84 Å². The summed E-state index contributed by atoms with van der Waals surface area (Å²) in [6.07, 6.45) is 6.33. The Balaban J connectivity index is 2.07. The molecular weight excluding hydrogens is 332 g/mol. The van der Waals surface area contributed by atoms with E-state index in [4.69, 9.17) is 9.84 Å². The number of benzene rings is 1. The number of halogens is 1. The van der Waals surface area contributed by atoms with E-state index in [1.807, 2.05) is 18.2 Å². The fourth-order valence-electron chi connectivity index (χ4n) is 2.68. The number of carbonyl (C=O) groups is 1. The molecule has 0 aliphatic heterocycles. The normalized spacial score (nSPS) is 26.0. The molecule has 114 valence electrons. The average molecular weight is 353 g/mol. The minimum atomic E-state index is -0.955. The molecule has 1 aromatic rings. The fourth-order valence-corrected chi connectivity index (χ4v) is 3.06. The lowest BCUT2D eigenvalue weighted by atomic mass is 9.80. The van der Waals surface area contributed by atoms with E-state index in [1.165, 1.54) is 6.42 Å². The summed E-state index contributed by atoms with van der Waals surface area (Å²) in [6, 6.07) is 5.70. The van der Waals surface area contributed by atoms with Gasteiger partial charge in [0.05, 0.1) is 6.10 Å². The highest BCUT2D eigenvalue weighted by atomic mass is 79.9. The van der Waals surface area contributed by atoms with E-state index < -0.39 is 5.97 Å². The minimum absolute atomic E-state index is 0.258. The van der Waals surface area contributed by atoms with Crippen molar-refractivity contribution < 1.29 is 14.6 Å². The summed E-state index contributed by atoms with van der Waals surface area (Å²) in [5.41, 5.74) is 0.812. The van der Waals surface area contributed by atoms with Gasteiger partial charge in [0.15, 0.2) is 0 Å². The van der Waals surface area contributed by atoms with Crippen LogP contribution in [0, 0.1) is 11.8 Å². The molecule has 1 aliphatic carbocycles. The van der Waals surface area contributed by atoms with Gasteiger partial charge >= 0.3 is 5.97 Å². The molecule has 1 aromatic carbocycles. The van der Waals surface area contributed by atoms with Crippen molar-refractivity contribution in [1.29, 1.82) is 0 Å². The highest BCUT2D eigenvalue weighted by Gasteiger charge is 2.25. The van der Waals surface area contributed by atoms with Crippen LogP contribution in [0.2, 0.25) is 0 Å². The Kier molecular flexibility index (Phi) is 5.45. The summed E-state index contributed by atoms with van der Waals surface area (Å²) in [6.45, 7) is 4.58. The van der Waals surface area contributed by atoms with Gasteiger partial charge in [-0.1, -0.05) is 29.8 Å². The Morgan fingerprint density at radius 3 is 2.76 bits per heavy atom. The summed E-state index contributed by atoms with van der Waals surface area (Å²) in [4.78, 5) is 10.6. The van der Waals surface area contributed by atoms with Crippen LogP contribution in [0.15, 0.2) is 28.7 Å². The smallest absolute Gasteiger partial charge is 0.328 e. The van der Waals surface area contributed by atoms with Crippen molar-refractivity contribution in [2.45, 2.75) is 39.2 Å². The van der Waals surface area contributed by atoms with Crippen LogP contribution in [0.1, 0.15) is 38.7 Å². The van der Waals surface area contributed by atoms with Crippen molar-refractivity contribution in [3.63, 3.8) is 0 Å². The Morgan fingerprint density at radius 1 is 1.33 bits per heavy atom. The van der Waals surface area contributed by atoms with Gasteiger partial charge in [0.1, 0.15) is 5.75 Å². The van der Waals surface area contributed by atoms with Gasteiger partial charge in [-0.05, 0) is 60.9 Å². The van der Waals surface area contributed by atoms with Crippen molar-refractivity contribution in [2.24, 2.45) is 11.8 Å². The van der Waals surface area contributed by atoms with Crippen LogP contribution in [0.25, 0.3) is 6.08 Å². The van der Waals surface area contributed by atoms with E-state index in [-0.39, 0.29) is 6.10 Å². The van der Waals surface area contributed by atoms with Crippen molar-refractivity contribution in [3.8, 4) is 5.75 Å². The minimum Gasteiger partial charge on any atom is -0.490 e. The van der Waals surface area contributed by atoms with E-state index in [2.05, 4.69) is 29.8 Å². The summed E-state index contributed by atoms with van der Waals surface area (Å²) >= 11 is 3.42. The van der Waals surface area contributed by atoms with E-state index >= 15 is 0 Å². The Bertz CT molecular complexity index is 539. The van der Waals surface area contributed by atoms with E-state index in [9.17, 15) is 4.79 Å². The molecule has 1 fully saturated rings. The molecule has 3 unspecified atom stereocenters. The zero-order valence-electron chi connectivity index (χ0n) is 12.4. The lowest BCUT2D eigenvalue weighted by Crippen LogP contribution is -2.28. The predicted octanol–water partition coefficient (Wildman–Crippen LogP) is 4.75. The SMILES string of the molecule is CC1CCC(Oc2ccc(Br)c(/C=C/C(=O)O)c2)CC1C. The molecular formula is C17H21BrO3. The Morgan fingerprint density at radius 2 is 2.10 bits per heavy atom. The largest absolute Gasteiger partial charge is 0.490 e. The fraction of sp³-hybridized carbons (Fsp3) is 0.471. The molecule has 0 bridgehead atoms. The number of aliphatic carboxylic acids is 1. The zero-order valence-corrected chi connectivity index (χ0v) is 14.0. The highest BCUT2D eigenvalue weighted by molar-refractivity contribution is 9.10. The molecule has 1 saturated carbocycles. The number of rotatable bonds is 4. The highest BCUT2D eigenvalue weighted by Crippen LogP contribution is 2.32. The molecule has 21 heavy (non-hydrogen) atoms. The lowest BCUT2D eigenvalue weighted by molar-refractivity contribution is -0.131. The van der Waals surface area contributed by atoms with Gasteiger partial charge in [-0.3, -0.25) is 0 Å². The first-order chi connectivity index (χ1) is 9.95. The number of hydrogen-bond donors (Lipinski definition) is 1. The van der Waals surface area contributed by atoms with Crippen LogP contribution in [0.5, 0.6) is 5.75 Å². The summed E-state index contributed by atoms with van der Waals surface area (Å²) in [5, 5.41) is 8.72. The molecule has 0 radical (unpaired) electrons. The van der Waals surface area contributed by atoms with Gasteiger partial charge in [0.25, 0.3) is 0 Å². The quantitative estimate of drug-likeness (QED) is 0.795. The van der Waals surface area contributed by atoms with E-state index in [1.54, 1.807) is 6.08 Å². The van der Waals surface area contributed by atoms with Crippen LogP contribution >= 0.6 is 15.9 Å². The molecule has 1 N–H and O–H groups in total. The first-order valence-electron chi connectivity index (χ1n) is 7.33. The summed E-state index contributed by atoms with van der Waals surface area (Å²) < 4.78 is 6.93. The van der Waals surface area contributed by atoms with Crippen molar-refractivity contribution in [1.82, 2.24) is 0 Å². The molecule has 0 amide bonds. The van der Waals surface area contributed by atoms with Crippen LogP contribution < -0.4 is 4.74 Å². The third kappa shape index (κ3) is 4.60. The molecule has 3 nitrogen and oxygen atoms in total. The Hall–Kier alpha value is -1.29. The average Bonchev–Trinajstić information content (AvgIpc) is 2.43. The van der Waals surface area contributed by atoms with Crippen LogP contribution in [-0.4, -0.2) is 17.2 Å². The third-order valence-corrected chi connectivity index (χ3v) is 4.95. The molecule has 0 saturated heterocycles. The third-order valence-electron chi connectivity index (χ3n) is 4.23. The second-order valence-electron chi connectivity index (χ2n) is 5.86.